The summed E-state index contributed by atoms with van der Waals surface area (Å²) in [5.41, 5.74) is 1.40. The van der Waals surface area contributed by atoms with Gasteiger partial charge in [0.2, 0.25) is 0 Å². The van der Waals surface area contributed by atoms with Gasteiger partial charge in [-0.05, 0) is 43.6 Å². The highest BCUT2D eigenvalue weighted by molar-refractivity contribution is 5.09. The Morgan fingerprint density at radius 2 is 2.00 bits per heavy atom. The van der Waals surface area contributed by atoms with E-state index in [0.29, 0.717) is 0 Å². The monoisotopic (exact) mass is 162 g/mol. The molecule has 0 amide bonds. The minimum absolute atomic E-state index is 1.17. The molecule has 1 aromatic rings. The van der Waals surface area contributed by atoms with Crippen molar-refractivity contribution < 1.29 is 0 Å². The summed E-state index contributed by atoms with van der Waals surface area (Å²) in [5, 5.41) is 0. The maximum Gasteiger partial charge on any atom is 0.0270 e. The summed E-state index contributed by atoms with van der Waals surface area (Å²) in [6, 6.07) is 4.19. The van der Waals surface area contributed by atoms with E-state index in [4.69, 9.17) is 0 Å². The molecule has 0 aromatic carbocycles. The number of hydrogen-bond acceptors (Lipinski definition) is 2. The minimum atomic E-state index is 1.17. The zero-order chi connectivity index (χ0) is 8.23. The summed E-state index contributed by atoms with van der Waals surface area (Å²) in [6.45, 7) is 3.81. The molecule has 0 saturated carbocycles. The van der Waals surface area contributed by atoms with E-state index in [1.165, 1.54) is 38.0 Å². The van der Waals surface area contributed by atoms with Crippen LogP contribution in [0.15, 0.2) is 24.5 Å². The van der Waals surface area contributed by atoms with Gasteiger partial charge in [0, 0.05) is 18.9 Å². The molecular weight excluding hydrogens is 148 g/mol. The van der Waals surface area contributed by atoms with Gasteiger partial charge in [-0.2, -0.15) is 0 Å². The predicted octanol–water partition coefficient (Wildman–Crippen LogP) is 1.33. The molecule has 0 radical (unpaired) electrons. The highest BCUT2D eigenvalue weighted by Gasteiger charge is 2.12. The molecule has 2 rings (SSSR count). The number of rotatable bonds is 3. The van der Waals surface area contributed by atoms with Crippen molar-refractivity contribution in [2.75, 3.05) is 19.6 Å². The number of hydrogen-bond donors (Lipinski definition) is 0. The van der Waals surface area contributed by atoms with Crippen LogP contribution in [-0.4, -0.2) is 29.5 Å². The van der Waals surface area contributed by atoms with Crippen LogP contribution in [0.25, 0.3) is 0 Å². The van der Waals surface area contributed by atoms with Crippen molar-refractivity contribution in [2.45, 2.75) is 12.8 Å². The molecule has 1 fully saturated rings. The Hall–Kier alpha value is -0.890. The largest absolute Gasteiger partial charge is 0.303 e. The van der Waals surface area contributed by atoms with Crippen LogP contribution in [0, 0.1) is 0 Å². The van der Waals surface area contributed by atoms with Crippen LogP contribution < -0.4 is 0 Å². The maximum atomic E-state index is 3.99. The quantitative estimate of drug-likeness (QED) is 0.666. The first kappa shape index (κ1) is 7.74. The lowest BCUT2D eigenvalue weighted by Crippen LogP contribution is -2.38. The molecule has 2 heteroatoms. The topological polar surface area (TPSA) is 16.1 Å². The second-order valence-electron chi connectivity index (χ2n) is 3.30. The van der Waals surface area contributed by atoms with Gasteiger partial charge < -0.3 is 4.90 Å². The number of aromatic nitrogens is 1. The van der Waals surface area contributed by atoms with Gasteiger partial charge in [0.05, 0.1) is 0 Å². The summed E-state index contributed by atoms with van der Waals surface area (Å²) in [4.78, 5) is 6.48. The third-order valence-corrected chi connectivity index (χ3v) is 2.41. The van der Waals surface area contributed by atoms with E-state index in [9.17, 15) is 0 Å². The molecule has 2 nitrogen and oxygen atoms in total. The Morgan fingerprint density at radius 1 is 1.25 bits per heavy atom. The molecule has 0 atom stereocenters. The zero-order valence-corrected chi connectivity index (χ0v) is 7.24. The Labute approximate surface area is 73.2 Å². The molecule has 0 aliphatic carbocycles. The molecule has 2 heterocycles. The van der Waals surface area contributed by atoms with Crippen molar-refractivity contribution in [1.82, 2.24) is 9.88 Å². The van der Waals surface area contributed by atoms with Gasteiger partial charge in [-0.3, -0.25) is 4.98 Å². The predicted molar refractivity (Wildman–Crippen MR) is 49.0 cm³/mol. The van der Waals surface area contributed by atoms with Crippen molar-refractivity contribution in [3.8, 4) is 0 Å². The number of likely N-dealkylation sites (tertiary alicyclic amines) is 1. The first-order chi connectivity index (χ1) is 5.95. The lowest BCUT2D eigenvalue weighted by Gasteiger charge is -2.30. The molecule has 0 spiro atoms. The highest BCUT2D eigenvalue weighted by Crippen LogP contribution is 2.07. The van der Waals surface area contributed by atoms with E-state index >= 15 is 0 Å². The van der Waals surface area contributed by atoms with E-state index in [-0.39, 0.29) is 0 Å². The summed E-state index contributed by atoms with van der Waals surface area (Å²) in [6.07, 6.45) is 6.29. The Balaban J connectivity index is 1.79. The van der Waals surface area contributed by atoms with Crippen LogP contribution in [0.3, 0.4) is 0 Å². The molecule has 64 valence electrons. The number of pyridine rings is 1. The summed E-state index contributed by atoms with van der Waals surface area (Å²) in [7, 11) is 0. The second kappa shape index (κ2) is 3.68. The standard InChI is InChI=1S/C10H14N2/c1-7-12(8-1)9-4-10-2-5-11-6-3-10/h2-3,5-6H,1,4,7-9H2. The molecule has 1 saturated heterocycles. The summed E-state index contributed by atoms with van der Waals surface area (Å²) in [5.74, 6) is 0. The van der Waals surface area contributed by atoms with Gasteiger partial charge in [0.25, 0.3) is 0 Å². The minimum Gasteiger partial charge on any atom is -0.303 e. The fourth-order valence-electron chi connectivity index (χ4n) is 1.44. The maximum absolute atomic E-state index is 3.99. The van der Waals surface area contributed by atoms with Crippen LogP contribution in [0.4, 0.5) is 0 Å². The van der Waals surface area contributed by atoms with E-state index in [1.54, 1.807) is 0 Å². The third kappa shape index (κ3) is 1.83. The smallest absolute Gasteiger partial charge is 0.0270 e. The normalized spacial score (nSPS) is 17.3. The van der Waals surface area contributed by atoms with Gasteiger partial charge >= 0.3 is 0 Å². The van der Waals surface area contributed by atoms with E-state index in [0.717, 1.165) is 0 Å². The summed E-state index contributed by atoms with van der Waals surface area (Å²) < 4.78 is 0. The highest BCUT2D eigenvalue weighted by atomic mass is 15.2. The van der Waals surface area contributed by atoms with Crippen molar-refractivity contribution in [2.24, 2.45) is 0 Å². The summed E-state index contributed by atoms with van der Waals surface area (Å²) >= 11 is 0. The molecule has 1 aromatic heterocycles. The molecule has 0 unspecified atom stereocenters. The molecule has 0 N–H and O–H groups in total. The van der Waals surface area contributed by atoms with Gasteiger partial charge in [-0.25, -0.2) is 0 Å². The van der Waals surface area contributed by atoms with E-state index in [1.807, 2.05) is 12.4 Å². The Morgan fingerprint density at radius 3 is 2.58 bits per heavy atom. The zero-order valence-electron chi connectivity index (χ0n) is 7.24. The third-order valence-electron chi connectivity index (χ3n) is 2.41. The Bertz CT molecular complexity index is 229. The van der Waals surface area contributed by atoms with E-state index < -0.39 is 0 Å². The lowest BCUT2D eigenvalue weighted by atomic mass is 10.1. The lowest BCUT2D eigenvalue weighted by molar-refractivity contribution is 0.184. The van der Waals surface area contributed by atoms with Gasteiger partial charge in [0.1, 0.15) is 0 Å². The molecule has 12 heavy (non-hydrogen) atoms. The fraction of sp³-hybridized carbons (Fsp3) is 0.500. The molecule has 1 aliphatic heterocycles. The van der Waals surface area contributed by atoms with Gasteiger partial charge in [-0.15, -0.1) is 0 Å². The second-order valence-corrected chi connectivity index (χ2v) is 3.30. The van der Waals surface area contributed by atoms with Gasteiger partial charge in [-0.1, -0.05) is 0 Å². The van der Waals surface area contributed by atoms with Crippen LogP contribution in [0.1, 0.15) is 12.0 Å². The fourth-order valence-corrected chi connectivity index (χ4v) is 1.44. The molecular formula is C10H14N2. The van der Waals surface area contributed by atoms with Crippen LogP contribution in [0.5, 0.6) is 0 Å². The average molecular weight is 162 g/mol. The van der Waals surface area contributed by atoms with Crippen molar-refractivity contribution in [1.29, 1.82) is 0 Å². The average Bonchev–Trinajstić information content (AvgIpc) is 2.04. The van der Waals surface area contributed by atoms with Crippen molar-refractivity contribution >= 4 is 0 Å². The number of nitrogens with zero attached hydrogens (tertiary/aromatic N) is 2. The van der Waals surface area contributed by atoms with Crippen molar-refractivity contribution in [3.63, 3.8) is 0 Å². The van der Waals surface area contributed by atoms with Crippen LogP contribution >= 0.6 is 0 Å². The van der Waals surface area contributed by atoms with E-state index in [2.05, 4.69) is 22.0 Å². The van der Waals surface area contributed by atoms with Crippen molar-refractivity contribution in [3.05, 3.63) is 30.1 Å². The van der Waals surface area contributed by atoms with Crippen LogP contribution in [-0.2, 0) is 6.42 Å². The van der Waals surface area contributed by atoms with Crippen LogP contribution in [0.2, 0.25) is 0 Å². The first-order valence-corrected chi connectivity index (χ1v) is 4.56. The first-order valence-electron chi connectivity index (χ1n) is 4.56. The Kier molecular flexibility index (Phi) is 2.37. The SMILES string of the molecule is c1cc(CCN2CCC2)ccn1. The molecule has 0 bridgehead atoms. The molecule has 1 aliphatic rings. The van der Waals surface area contributed by atoms with Gasteiger partial charge in [0.15, 0.2) is 0 Å².